The average Bonchev–Trinajstić information content (AvgIpc) is 2.78. The molecule has 1 rings (SSSR count). The lowest BCUT2D eigenvalue weighted by atomic mass is 9.99. The van der Waals surface area contributed by atoms with E-state index in [1.807, 2.05) is 0 Å². The molecule has 1 nitrogen and oxygen atoms in total. The fraction of sp³-hybridized carbons (Fsp3) is 0.889. The monoisotopic (exact) mass is 328 g/mol. The second kappa shape index (κ2) is 12.5. The quantitative estimate of drug-likeness (QED) is 0.273. The van der Waals surface area contributed by atoms with Gasteiger partial charge in [0.25, 0.3) is 0 Å². The molecule has 0 spiro atoms. The van der Waals surface area contributed by atoms with E-state index in [4.69, 9.17) is 29.2 Å². The standard InChI is InChI=1S/C18H32OS2/c1-2-3-4-5-6-7-8-9-10-11-12-13-14-16-15-17(20)19-18(16)21/h16H,2-15H2,1H3. The Labute approximate surface area is 142 Å². The second-order valence-electron chi connectivity index (χ2n) is 6.37. The van der Waals surface area contributed by atoms with Gasteiger partial charge in [0, 0.05) is 12.3 Å². The van der Waals surface area contributed by atoms with Gasteiger partial charge in [-0.2, -0.15) is 0 Å². The highest BCUT2D eigenvalue weighted by Gasteiger charge is 2.26. The van der Waals surface area contributed by atoms with Crippen molar-refractivity contribution in [2.45, 2.75) is 96.8 Å². The first-order valence-corrected chi connectivity index (χ1v) is 9.80. The average molecular weight is 329 g/mol. The molecule has 21 heavy (non-hydrogen) atoms. The number of hydrogen-bond acceptors (Lipinski definition) is 3. The zero-order valence-corrected chi connectivity index (χ0v) is 15.3. The van der Waals surface area contributed by atoms with Crippen molar-refractivity contribution in [3.63, 3.8) is 0 Å². The lowest BCUT2D eigenvalue weighted by Gasteiger charge is -2.06. The molecule has 1 atom stereocenters. The smallest absolute Gasteiger partial charge is 0.171 e. The second-order valence-corrected chi connectivity index (χ2v) is 7.23. The van der Waals surface area contributed by atoms with Gasteiger partial charge in [-0.1, -0.05) is 84.0 Å². The Kier molecular flexibility index (Phi) is 11.3. The van der Waals surface area contributed by atoms with Crippen LogP contribution in [0.3, 0.4) is 0 Å². The summed E-state index contributed by atoms with van der Waals surface area (Å²) in [6.07, 6.45) is 18.8. The van der Waals surface area contributed by atoms with Crippen molar-refractivity contribution in [3.8, 4) is 0 Å². The van der Waals surface area contributed by atoms with Crippen molar-refractivity contribution in [3.05, 3.63) is 0 Å². The van der Waals surface area contributed by atoms with Gasteiger partial charge >= 0.3 is 0 Å². The minimum Gasteiger partial charge on any atom is -0.443 e. The highest BCUT2D eigenvalue weighted by atomic mass is 32.1. The Morgan fingerprint density at radius 2 is 1.29 bits per heavy atom. The molecule has 0 aromatic heterocycles. The predicted octanol–water partition coefficient (Wildman–Crippen LogP) is 6.77. The molecule has 0 aromatic rings. The molecular formula is C18H32OS2. The highest BCUT2D eigenvalue weighted by molar-refractivity contribution is 7.81. The number of unbranched alkanes of at least 4 members (excludes halogenated alkanes) is 11. The zero-order valence-electron chi connectivity index (χ0n) is 13.7. The Balaban J connectivity index is 1.79. The highest BCUT2D eigenvalue weighted by Crippen LogP contribution is 2.24. The summed E-state index contributed by atoms with van der Waals surface area (Å²) in [5.41, 5.74) is 0. The summed E-state index contributed by atoms with van der Waals surface area (Å²) in [6.45, 7) is 2.28. The molecule has 1 fully saturated rings. The molecule has 0 radical (unpaired) electrons. The third-order valence-corrected chi connectivity index (χ3v) is 5.03. The summed E-state index contributed by atoms with van der Waals surface area (Å²) in [6, 6.07) is 0. The Bertz CT molecular complexity index is 302. The van der Waals surface area contributed by atoms with Gasteiger partial charge in [-0.15, -0.1) is 0 Å². The molecular weight excluding hydrogens is 296 g/mol. The SMILES string of the molecule is CCCCCCCCCCCCCCC1CC(=S)OC1=S. The van der Waals surface area contributed by atoms with Gasteiger partial charge < -0.3 is 4.74 Å². The molecule has 1 heterocycles. The molecule has 0 aliphatic carbocycles. The summed E-state index contributed by atoms with van der Waals surface area (Å²) in [5.74, 6) is 0.427. The van der Waals surface area contributed by atoms with Gasteiger partial charge in [-0.05, 0) is 30.9 Å². The summed E-state index contributed by atoms with van der Waals surface area (Å²) in [5, 5.41) is 1.44. The van der Waals surface area contributed by atoms with Gasteiger partial charge in [-0.25, -0.2) is 0 Å². The van der Waals surface area contributed by atoms with Crippen molar-refractivity contribution < 1.29 is 4.74 Å². The Hall–Kier alpha value is -0.0200. The van der Waals surface area contributed by atoms with Crippen LogP contribution in [0.4, 0.5) is 0 Å². The summed E-state index contributed by atoms with van der Waals surface area (Å²) >= 11 is 10.3. The van der Waals surface area contributed by atoms with Crippen LogP contribution >= 0.6 is 24.4 Å². The Morgan fingerprint density at radius 3 is 1.71 bits per heavy atom. The van der Waals surface area contributed by atoms with Crippen molar-refractivity contribution in [2.24, 2.45) is 5.92 Å². The van der Waals surface area contributed by atoms with Crippen molar-refractivity contribution >= 4 is 34.5 Å². The molecule has 0 bridgehead atoms. The van der Waals surface area contributed by atoms with Gasteiger partial charge in [0.15, 0.2) is 10.1 Å². The van der Waals surface area contributed by atoms with Crippen LogP contribution in [0.15, 0.2) is 0 Å². The first-order valence-electron chi connectivity index (χ1n) is 8.98. The van der Waals surface area contributed by atoms with E-state index in [1.165, 1.54) is 77.0 Å². The van der Waals surface area contributed by atoms with Crippen LogP contribution < -0.4 is 0 Å². The number of rotatable bonds is 13. The molecule has 1 saturated heterocycles. The molecule has 1 unspecified atom stereocenters. The Morgan fingerprint density at radius 1 is 0.810 bits per heavy atom. The molecule has 0 saturated carbocycles. The minimum absolute atomic E-state index is 0.427. The van der Waals surface area contributed by atoms with Crippen LogP contribution in [-0.4, -0.2) is 10.1 Å². The molecule has 0 aromatic carbocycles. The van der Waals surface area contributed by atoms with Crippen LogP contribution in [0.5, 0.6) is 0 Å². The van der Waals surface area contributed by atoms with E-state index in [-0.39, 0.29) is 0 Å². The number of thiocarbonyl (C=S) groups is 2. The van der Waals surface area contributed by atoms with E-state index in [2.05, 4.69) is 6.92 Å². The predicted molar refractivity (Wildman–Crippen MR) is 100 cm³/mol. The van der Waals surface area contributed by atoms with Crippen molar-refractivity contribution in [1.29, 1.82) is 0 Å². The van der Waals surface area contributed by atoms with E-state index in [1.54, 1.807) is 0 Å². The van der Waals surface area contributed by atoms with Crippen LogP contribution in [0, 0.1) is 5.92 Å². The van der Waals surface area contributed by atoms with Crippen LogP contribution in [-0.2, 0) is 4.74 Å². The lowest BCUT2D eigenvalue weighted by Crippen LogP contribution is -2.04. The normalized spacial score (nSPS) is 18.2. The van der Waals surface area contributed by atoms with E-state index >= 15 is 0 Å². The van der Waals surface area contributed by atoms with Crippen molar-refractivity contribution in [2.75, 3.05) is 0 Å². The molecule has 0 amide bonds. The maximum atomic E-state index is 5.29. The van der Waals surface area contributed by atoms with E-state index < -0.39 is 0 Å². The summed E-state index contributed by atoms with van der Waals surface area (Å²) in [4.78, 5) is 0. The summed E-state index contributed by atoms with van der Waals surface area (Å²) in [7, 11) is 0. The fourth-order valence-electron chi connectivity index (χ4n) is 2.97. The van der Waals surface area contributed by atoms with Gasteiger partial charge in [0.2, 0.25) is 0 Å². The third-order valence-electron chi connectivity index (χ3n) is 4.37. The van der Waals surface area contributed by atoms with Gasteiger partial charge in [0.1, 0.15) is 0 Å². The van der Waals surface area contributed by atoms with E-state index in [0.29, 0.717) is 11.0 Å². The molecule has 122 valence electrons. The van der Waals surface area contributed by atoms with E-state index in [0.717, 1.165) is 17.9 Å². The summed E-state index contributed by atoms with van der Waals surface area (Å²) < 4.78 is 5.29. The molecule has 3 heteroatoms. The third kappa shape index (κ3) is 9.57. The molecule has 0 N–H and O–H groups in total. The number of hydrogen-bond donors (Lipinski definition) is 0. The van der Waals surface area contributed by atoms with Crippen LogP contribution in [0.25, 0.3) is 0 Å². The van der Waals surface area contributed by atoms with Gasteiger partial charge in [-0.3, -0.25) is 0 Å². The van der Waals surface area contributed by atoms with Crippen molar-refractivity contribution in [1.82, 2.24) is 0 Å². The lowest BCUT2D eigenvalue weighted by molar-refractivity contribution is 0.517. The fourth-order valence-corrected chi connectivity index (χ4v) is 3.62. The van der Waals surface area contributed by atoms with E-state index in [9.17, 15) is 0 Å². The first kappa shape index (κ1) is 19.0. The minimum atomic E-state index is 0.427. The number of ether oxygens (including phenoxy) is 1. The van der Waals surface area contributed by atoms with Gasteiger partial charge in [0.05, 0.1) is 0 Å². The maximum absolute atomic E-state index is 5.29. The first-order chi connectivity index (χ1) is 10.2. The van der Waals surface area contributed by atoms with Crippen LogP contribution in [0.1, 0.15) is 96.8 Å². The largest absolute Gasteiger partial charge is 0.443 e. The molecule has 1 aliphatic rings. The maximum Gasteiger partial charge on any atom is 0.171 e. The molecule has 1 aliphatic heterocycles. The zero-order chi connectivity index (χ0) is 15.3. The topological polar surface area (TPSA) is 9.23 Å². The van der Waals surface area contributed by atoms with Crippen LogP contribution in [0.2, 0.25) is 0 Å².